The van der Waals surface area contributed by atoms with E-state index in [1.54, 1.807) is 0 Å². The zero-order valence-electron chi connectivity index (χ0n) is 35.2. The lowest BCUT2D eigenvalue weighted by Crippen LogP contribution is -2.30. The highest BCUT2D eigenvalue weighted by molar-refractivity contribution is 5.87. The first-order valence-corrected chi connectivity index (χ1v) is 20.9. The molecular formula is C43H76N6O4. The van der Waals surface area contributed by atoms with Gasteiger partial charge in [0.25, 0.3) is 0 Å². The number of benzene rings is 1. The molecule has 2 amide bonds. The molecule has 1 aromatic heterocycles. The lowest BCUT2D eigenvalue weighted by molar-refractivity contribution is 0.216. The Kier molecular flexibility index (Phi) is 22.2. The van der Waals surface area contributed by atoms with E-state index in [9.17, 15) is 4.79 Å². The van der Waals surface area contributed by atoms with Crippen LogP contribution in [0.5, 0.6) is 17.2 Å². The van der Waals surface area contributed by atoms with Crippen molar-refractivity contribution in [2.75, 3.05) is 37.4 Å². The number of urea groups is 1. The third-order valence-electron chi connectivity index (χ3n) is 9.72. The van der Waals surface area contributed by atoms with Gasteiger partial charge in [-0.3, -0.25) is 5.32 Å². The van der Waals surface area contributed by atoms with Crippen molar-refractivity contribution in [3.05, 3.63) is 12.1 Å². The van der Waals surface area contributed by atoms with Gasteiger partial charge in [0.2, 0.25) is 17.6 Å². The van der Waals surface area contributed by atoms with Crippen LogP contribution in [0.3, 0.4) is 0 Å². The van der Waals surface area contributed by atoms with Crippen LogP contribution in [0.4, 0.5) is 16.7 Å². The molecule has 1 aromatic carbocycles. The van der Waals surface area contributed by atoms with Crippen molar-refractivity contribution in [1.82, 2.24) is 20.3 Å². The van der Waals surface area contributed by atoms with E-state index in [2.05, 4.69) is 87.9 Å². The molecule has 53 heavy (non-hydrogen) atoms. The van der Waals surface area contributed by atoms with Crippen molar-refractivity contribution < 1.29 is 19.0 Å². The van der Waals surface area contributed by atoms with Gasteiger partial charge >= 0.3 is 6.03 Å². The number of carbonyl (C=O) groups excluding carboxylic acids is 1. The van der Waals surface area contributed by atoms with Crippen LogP contribution in [0, 0.1) is 35.5 Å². The Labute approximate surface area is 322 Å². The maximum atomic E-state index is 12.4. The van der Waals surface area contributed by atoms with Gasteiger partial charge in [-0.1, -0.05) is 127 Å². The smallest absolute Gasteiger partial charge is 0.321 e. The van der Waals surface area contributed by atoms with Crippen molar-refractivity contribution in [2.24, 2.45) is 35.5 Å². The van der Waals surface area contributed by atoms with E-state index in [-0.39, 0.29) is 11.9 Å². The number of nitrogen functional groups attached to an aromatic ring is 1. The molecule has 2 aromatic rings. The van der Waals surface area contributed by atoms with Gasteiger partial charge in [0.05, 0.1) is 19.8 Å². The molecule has 0 aliphatic carbocycles. The molecule has 10 nitrogen and oxygen atoms in total. The van der Waals surface area contributed by atoms with Crippen molar-refractivity contribution >= 4 is 17.9 Å². The van der Waals surface area contributed by atoms with Gasteiger partial charge in [-0.05, 0) is 73.3 Å². The monoisotopic (exact) mass is 741 g/mol. The Bertz CT molecular complexity index is 1260. The van der Waals surface area contributed by atoms with Gasteiger partial charge in [-0.25, -0.2) is 4.79 Å². The van der Waals surface area contributed by atoms with Crippen LogP contribution in [0.15, 0.2) is 12.1 Å². The summed E-state index contributed by atoms with van der Waals surface area (Å²) >= 11 is 0. The number of rotatable bonds is 28. The molecule has 302 valence electrons. The Morgan fingerprint density at radius 2 is 1.09 bits per heavy atom. The van der Waals surface area contributed by atoms with Crippen molar-refractivity contribution in [3.8, 4) is 28.6 Å². The minimum atomic E-state index is -0.399. The van der Waals surface area contributed by atoms with Crippen LogP contribution in [0.2, 0.25) is 0 Å². The average Bonchev–Trinajstić information content (AvgIpc) is 3.07. The molecule has 0 saturated carbocycles. The maximum absolute atomic E-state index is 12.4. The predicted molar refractivity (Wildman–Crippen MR) is 221 cm³/mol. The summed E-state index contributed by atoms with van der Waals surface area (Å²) in [5.74, 6) is 5.97. The third-order valence-corrected chi connectivity index (χ3v) is 9.72. The molecule has 10 heteroatoms. The Balaban J connectivity index is 2.43. The van der Waals surface area contributed by atoms with E-state index in [1.807, 2.05) is 19.1 Å². The molecule has 1 heterocycles. The van der Waals surface area contributed by atoms with Gasteiger partial charge in [0.15, 0.2) is 17.3 Å². The molecule has 0 radical (unpaired) electrons. The second-order valence-electron chi connectivity index (χ2n) is 16.7. The summed E-state index contributed by atoms with van der Waals surface area (Å²) in [7, 11) is 0. The van der Waals surface area contributed by atoms with Crippen LogP contribution in [0.1, 0.15) is 153 Å². The summed E-state index contributed by atoms with van der Waals surface area (Å²) in [6.07, 6.45) is 14.5. The van der Waals surface area contributed by atoms with E-state index in [4.69, 9.17) is 19.9 Å². The highest BCUT2D eigenvalue weighted by atomic mass is 16.5. The topological polar surface area (TPSA) is 134 Å². The SMILES string of the molecule is CCCNC(=O)Nc1nc(N)nc(-c2cc(OCC[C@@H](C)CCCC(C)C)c(OCC[C@@H](C)CCCC(C)C)c(OCC[C@@H](C)CCCC(C)C)c2)n1. The quantitative estimate of drug-likeness (QED) is 0.0785. The number of aromatic nitrogens is 3. The highest BCUT2D eigenvalue weighted by Crippen LogP contribution is 2.42. The molecule has 0 saturated heterocycles. The average molecular weight is 741 g/mol. The number of nitrogens with two attached hydrogens (primary N) is 1. The number of amides is 2. The van der Waals surface area contributed by atoms with Crippen LogP contribution < -0.4 is 30.6 Å². The maximum Gasteiger partial charge on any atom is 0.321 e. The summed E-state index contributed by atoms with van der Waals surface area (Å²) in [6, 6.07) is 3.41. The number of carbonyl (C=O) groups is 1. The fourth-order valence-electron chi connectivity index (χ4n) is 6.18. The number of nitrogens with zero attached hydrogens (tertiary/aromatic N) is 3. The lowest BCUT2D eigenvalue weighted by atomic mass is 9.97. The first-order valence-electron chi connectivity index (χ1n) is 20.9. The van der Waals surface area contributed by atoms with Crippen LogP contribution in [0.25, 0.3) is 11.4 Å². The van der Waals surface area contributed by atoms with Gasteiger partial charge in [0, 0.05) is 12.1 Å². The van der Waals surface area contributed by atoms with Crippen LogP contribution in [-0.4, -0.2) is 47.3 Å². The summed E-state index contributed by atoms with van der Waals surface area (Å²) in [6.45, 7) is 24.8. The molecular weight excluding hydrogens is 665 g/mol. The molecule has 0 aliphatic heterocycles. The Morgan fingerprint density at radius 1 is 0.642 bits per heavy atom. The molecule has 3 atom stereocenters. The number of anilines is 2. The minimum Gasteiger partial charge on any atom is -0.490 e. The van der Waals surface area contributed by atoms with E-state index in [0.29, 0.717) is 84.6 Å². The molecule has 2 rings (SSSR count). The summed E-state index contributed by atoms with van der Waals surface area (Å²) in [4.78, 5) is 25.6. The van der Waals surface area contributed by atoms with E-state index < -0.39 is 6.03 Å². The number of nitrogens with one attached hydrogen (secondary N) is 2. The largest absolute Gasteiger partial charge is 0.490 e. The number of hydrogen-bond acceptors (Lipinski definition) is 8. The second-order valence-corrected chi connectivity index (χ2v) is 16.7. The molecule has 0 spiro atoms. The van der Waals surface area contributed by atoms with Crippen molar-refractivity contribution in [2.45, 2.75) is 153 Å². The standard InChI is InChI=1S/C43H76N6O4/c1-11-24-45-43(50)49-42-47-40(46-41(44)48-42)36-28-37(51-25-21-33(8)18-12-15-30(2)3)39(53-27-23-35(10)20-14-17-32(6)7)38(29-36)52-26-22-34(9)19-13-16-31(4)5/h28-35H,11-27H2,1-10H3,(H4,44,45,46,47,48,49,50)/t33-,34-,35-/m0/s1. The van der Waals surface area contributed by atoms with E-state index >= 15 is 0 Å². The summed E-state index contributed by atoms with van der Waals surface area (Å²) in [5, 5.41) is 5.47. The Morgan fingerprint density at radius 3 is 1.53 bits per heavy atom. The van der Waals surface area contributed by atoms with Gasteiger partial charge in [0.1, 0.15) is 0 Å². The Hall–Kier alpha value is -3.30. The zero-order chi connectivity index (χ0) is 39.2. The van der Waals surface area contributed by atoms with E-state index in [0.717, 1.165) is 31.6 Å². The van der Waals surface area contributed by atoms with Crippen molar-refractivity contribution in [1.29, 1.82) is 0 Å². The first-order chi connectivity index (χ1) is 25.3. The van der Waals surface area contributed by atoms with Crippen molar-refractivity contribution in [3.63, 3.8) is 0 Å². The highest BCUT2D eigenvalue weighted by Gasteiger charge is 2.21. The zero-order valence-corrected chi connectivity index (χ0v) is 35.2. The fourth-order valence-corrected chi connectivity index (χ4v) is 6.18. The molecule has 0 fully saturated rings. The predicted octanol–water partition coefficient (Wildman–Crippen LogP) is 11.3. The molecule has 0 bridgehead atoms. The fraction of sp³-hybridized carbons (Fsp3) is 0.767. The molecule has 4 N–H and O–H groups in total. The van der Waals surface area contributed by atoms with E-state index in [1.165, 1.54) is 57.8 Å². The van der Waals surface area contributed by atoms with Gasteiger partial charge in [-0.2, -0.15) is 15.0 Å². The van der Waals surface area contributed by atoms with Crippen LogP contribution >= 0.6 is 0 Å². The number of hydrogen-bond donors (Lipinski definition) is 3. The minimum absolute atomic E-state index is 0.00274. The first kappa shape index (κ1) is 45.9. The normalized spacial score (nSPS) is 13.3. The molecule has 0 aliphatic rings. The van der Waals surface area contributed by atoms with Gasteiger partial charge < -0.3 is 25.3 Å². The second kappa shape index (κ2) is 25.7. The summed E-state index contributed by atoms with van der Waals surface area (Å²) in [5.41, 5.74) is 6.79. The summed E-state index contributed by atoms with van der Waals surface area (Å²) < 4.78 is 19.7. The van der Waals surface area contributed by atoms with Gasteiger partial charge in [-0.15, -0.1) is 0 Å². The third kappa shape index (κ3) is 20.1. The lowest BCUT2D eigenvalue weighted by Gasteiger charge is -2.21. The van der Waals surface area contributed by atoms with Crippen LogP contribution in [-0.2, 0) is 0 Å². The molecule has 0 unspecified atom stereocenters. The number of ether oxygens (including phenoxy) is 3.